The highest BCUT2D eigenvalue weighted by atomic mass is 32.1. The summed E-state index contributed by atoms with van der Waals surface area (Å²) in [5, 5.41) is 20.1. The van der Waals surface area contributed by atoms with Crippen LogP contribution in [-0.2, 0) is 47.9 Å². The molecule has 2 atom stereocenters. The normalized spacial score (nSPS) is 23.2. The molecule has 2 aliphatic heterocycles. The van der Waals surface area contributed by atoms with Crippen LogP contribution in [0.4, 0.5) is 9.59 Å². The number of hydrogen-bond donors (Lipinski definition) is 0. The number of thiophene rings is 2. The maximum atomic E-state index is 14.2. The van der Waals surface area contributed by atoms with Gasteiger partial charge in [0.2, 0.25) is 0 Å². The minimum atomic E-state index is -1.12. The zero-order valence-corrected chi connectivity index (χ0v) is 42.4. The van der Waals surface area contributed by atoms with Gasteiger partial charge in [-0.3, -0.25) is 14.4 Å². The van der Waals surface area contributed by atoms with Gasteiger partial charge in [-0.15, -0.1) is 22.7 Å². The highest BCUT2D eigenvalue weighted by Gasteiger charge is 2.53. The van der Waals surface area contributed by atoms with Crippen molar-refractivity contribution in [3.8, 4) is 12.1 Å². The van der Waals surface area contributed by atoms with Crippen LogP contribution in [0, 0.1) is 34.5 Å². The van der Waals surface area contributed by atoms with Crippen molar-refractivity contribution in [1.82, 2.24) is 9.80 Å². The largest absolute Gasteiger partial charge is 0.444 e. The van der Waals surface area contributed by atoms with E-state index in [1.807, 2.05) is 48.5 Å². The van der Waals surface area contributed by atoms with Gasteiger partial charge >= 0.3 is 12.2 Å². The lowest BCUT2D eigenvalue weighted by Crippen LogP contribution is -2.46. The molecule has 6 aliphatic carbocycles. The number of benzene rings is 2. The van der Waals surface area contributed by atoms with E-state index in [1.165, 1.54) is 49.6 Å². The molecule has 0 radical (unpaired) electrons. The van der Waals surface area contributed by atoms with E-state index in [0.717, 1.165) is 78.0 Å². The van der Waals surface area contributed by atoms with Crippen LogP contribution in [-0.4, -0.2) is 46.3 Å². The van der Waals surface area contributed by atoms with Crippen LogP contribution in [0.25, 0.3) is 23.3 Å². The summed E-state index contributed by atoms with van der Waals surface area (Å²) in [4.78, 5) is 73.9. The second-order valence-corrected chi connectivity index (χ2v) is 22.7. The van der Waals surface area contributed by atoms with Gasteiger partial charge in [-0.25, -0.2) is 14.5 Å². The third kappa shape index (κ3) is 7.75. The zero-order chi connectivity index (χ0) is 50.9. The monoisotopic (exact) mass is 1010 g/mol. The predicted molar refractivity (Wildman–Crippen MR) is 282 cm³/mol. The topological polar surface area (TPSA) is 158 Å². The molecule has 2 spiro atoms. The molecule has 0 saturated heterocycles. The smallest absolute Gasteiger partial charge is 0.424 e. The lowest BCUT2D eigenvalue weighted by atomic mass is 9.63. The van der Waals surface area contributed by atoms with Crippen LogP contribution in [0.2, 0.25) is 0 Å². The van der Waals surface area contributed by atoms with E-state index in [2.05, 4.69) is 42.5 Å². The molecule has 2 unspecified atom stereocenters. The van der Waals surface area contributed by atoms with Crippen molar-refractivity contribution in [1.29, 1.82) is 10.5 Å². The quantitative estimate of drug-likeness (QED) is 0.135. The Morgan fingerprint density at radius 1 is 0.662 bits per heavy atom. The number of ether oxygens (including phenoxy) is 2. The lowest BCUT2D eigenvalue weighted by molar-refractivity contribution is -0.138. The van der Waals surface area contributed by atoms with Gasteiger partial charge in [0, 0.05) is 53.3 Å². The first-order chi connectivity index (χ1) is 36.0. The van der Waals surface area contributed by atoms with Crippen LogP contribution in [0.3, 0.4) is 0 Å². The Morgan fingerprint density at radius 3 is 1.69 bits per heavy atom. The first kappa shape index (κ1) is 47.3. The highest BCUT2D eigenvalue weighted by Crippen LogP contribution is 2.65. The Balaban J connectivity index is 0.870. The average molecular weight is 1020 g/mol. The number of carbonyl (C=O) groups is 5. The van der Waals surface area contributed by atoms with Gasteiger partial charge in [0.1, 0.15) is 24.9 Å². The SMILES string of the molecule is CC1=C(C#N)C(=O)N(C(=O)OCc2ccccc2)C(=O)/C1=C\c1cc2c(s1)C1=CC3C=C4C(=CC3C=C1C21CCCCC1)c1sc(/C=C2/C=C(C#N)CN(C(=O)OCc3ccccc3)C2=O)cc1C41CCCCC1. The minimum absolute atomic E-state index is 0.0122. The first-order valence-electron chi connectivity index (χ1n) is 25.5. The summed E-state index contributed by atoms with van der Waals surface area (Å²) in [6.07, 6.45) is 24.0. The van der Waals surface area contributed by atoms with Gasteiger partial charge in [0.05, 0.1) is 18.2 Å². The third-order valence-corrected chi connectivity index (χ3v) is 18.6. The maximum absolute atomic E-state index is 14.2. The van der Waals surface area contributed by atoms with E-state index in [0.29, 0.717) is 16.0 Å². The fourth-order valence-electron chi connectivity index (χ4n) is 12.8. The van der Waals surface area contributed by atoms with E-state index in [-0.39, 0.29) is 64.7 Å². The fraction of sp³-hybridized carbons (Fsp3) is 0.295. The van der Waals surface area contributed by atoms with E-state index < -0.39 is 29.9 Å². The van der Waals surface area contributed by atoms with E-state index in [1.54, 1.807) is 66.0 Å². The van der Waals surface area contributed by atoms with Gasteiger partial charge < -0.3 is 9.47 Å². The van der Waals surface area contributed by atoms with Gasteiger partial charge in [0.15, 0.2) is 0 Å². The fourth-order valence-corrected chi connectivity index (χ4v) is 15.3. The summed E-state index contributed by atoms with van der Waals surface area (Å²) in [5.41, 5.74) is 9.57. The average Bonchev–Trinajstić information content (AvgIpc) is 4.22. The van der Waals surface area contributed by atoms with Crippen LogP contribution in [0.15, 0.2) is 142 Å². The summed E-state index contributed by atoms with van der Waals surface area (Å²) in [5.74, 6) is -2.06. The molecule has 2 fully saturated rings. The number of nitrogens with zero attached hydrogens (tertiary/aromatic N) is 4. The summed E-state index contributed by atoms with van der Waals surface area (Å²) < 4.78 is 11.0. The summed E-state index contributed by atoms with van der Waals surface area (Å²) in [6.45, 7) is 1.31. The molecule has 74 heavy (non-hydrogen) atoms. The lowest BCUT2D eigenvalue weighted by Gasteiger charge is -2.40. The third-order valence-electron chi connectivity index (χ3n) is 16.4. The second-order valence-electron chi connectivity index (χ2n) is 20.5. The van der Waals surface area contributed by atoms with Crippen molar-refractivity contribution < 1.29 is 33.4 Å². The molecule has 2 aromatic carbocycles. The number of fused-ring (bicyclic) bond motifs is 11. The molecule has 0 bridgehead atoms. The van der Waals surface area contributed by atoms with E-state index in [4.69, 9.17) is 9.47 Å². The predicted octanol–water partition coefficient (Wildman–Crippen LogP) is 12.8. The molecule has 13 heteroatoms. The van der Waals surface area contributed by atoms with Gasteiger partial charge in [-0.2, -0.15) is 15.4 Å². The highest BCUT2D eigenvalue weighted by molar-refractivity contribution is 7.14. The Hall–Kier alpha value is -7.71. The van der Waals surface area contributed by atoms with Crippen LogP contribution in [0.1, 0.15) is 113 Å². The number of amides is 5. The Labute approximate surface area is 437 Å². The molecular formula is C61H50N4O7S2. The zero-order valence-electron chi connectivity index (χ0n) is 40.8. The number of imide groups is 4. The number of allylic oxidation sites excluding steroid dienone is 8. The Kier molecular flexibility index (Phi) is 11.9. The molecule has 0 N–H and O–H groups in total. The van der Waals surface area contributed by atoms with Gasteiger partial charge in [0.25, 0.3) is 17.7 Å². The van der Waals surface area contributed by atoms with Crippen LogP contribution >= 0.6 is 22.7 Å². The molecule has 8 aliphatic rings. The molecule has 5 amide bonds. The van der Waals surface area contributed by atoms with Crippen molar-refractivity contribution >= 4 is 75.9 Å². The number of hydrogen-bond acceptors (Lipinski definition) is 11. The minimum Gasteiger partial charge on any atom is -0.444 e. The van der Waals surface area contributed by atoms with Crippen LogP contribution < -0.4 is 0 Å². The van der Waals surface area contributed by atoms with Crippen molar-refractivity contribution in [3.05, 3.63) is 184 Å². The summed E-state index contributed by atoms with van der Waals surface area (Å²) >= 11 is 3.29. The molecule has 4 aromatic rings. The van der Waals surface area contributed by atoms with Crippen molar-refractivity contribution in [2.24, 2.45) is 11.8 Å². The molecule has 4 heterocycles. The molecule has 11 nitrogen and oxygen atoms in total. The number of rotatable bonds is 6. The molecule has 2 aromatic heterocycles. The molecule has 2 saturated carbocycles. The van der Waals surface area contributed by atoms with Gasteiger partial charge in [-0.05, 0) is 113 Å². The maximum Gasteiger partial charge on any atom is 0.424 e. The first-order valence-corrected chi connectivity index (χ1v) is 27.1. The Bertz CT molecular complexity index is 3480. The number of nitriles is 2. The summed E-state index contributed by atoms with van der Waals surface area (Å²) in [6, 6.07) is 26.8. The summed E-state index contributed by atoms with van der Waals surface area (Å²) in [7, 11) is 0. The number of carbonyl (C=O) groups excluding carboxylic acids is 5. The van der Waals surface area contributed by atoms with E-state index >= 15 is 0 Å². The second kappa shape index (κ2) is 18.6. The van der Waals surface area contributed by atoms with Crippen molar-refractivity contribution in [2.75, 3.05) is 6.54 Å². The van der Waals surface area contributed by atoms with E-state index in [9.17, 15) is 34.5 Å². The standard InChI is InChI=1S/C61H50N4O7S2/c1-36-45(56(67)65(57(68)48(36)32-63)59(70)72-35-38-16-8-3-9-17-38)28-44-30-52-54(74-44)47-25-41-26-49-46(24-40(41)27-50(47)61(52)20-12-5-13-21-61)53-51(60(49)18-10-4-11-19-60)29-43(73-53)23-42-22-39(31-62)33-64(55(42)66)58(69)71-34-37-14-6-2-7-15-37/h2-3,6-9,14-17,22-30,40-41H,4-5,10-13,18-21,33-35H2,1H3/b42-23-,45-28-. The molecule has 368 valence electrons. The van der Waals surface area contributed by atoms with Gasteiger partial charge in [-0.1, -0.05) is 123 Å². The molecular weight excluding hydrogens is 965 g/mol. The molecule has 12 rings (SSSR count). The Morgan fingerprint density at radius 2 is 1.18 bits per heavy atom. The van der Waals surface area contributed by atoms with Crippen molar-refractivity contribution in [3.63, 3.8) is 0 Å². The van der Waals surface area contributed by atoms with Crippen molar-refractivity contribution in [2.45, 2.75) is 95.2 Å². The van der Waals surface area contributed by atoms with Crippen LogP contribution in [0.5, 0.6) is 0 Å².